The first kappa shape index (κ1) is 11.1. The predicted molar refractivity (Wildman–Crippen MR) is 60.3 cm³/mol. The van der Waals surface area contributed by atoms with Crippen LogP contribution in [0.3, 0.4) is 0 Å². The number of rotatable bonds is 3. The highest BCUT2D eigenvalue weighted by molar-refractivity contribution is 5.86. The van der Waals surface area contributed by atoms with Crippen molar-refractivity contribution in [3.8, 4) is 0 Å². The lowest BCUT2D eigenvalue weighted by Crippen LogP contribution is -2.21. The molecule has 1 N–H and O–H groups in total. The summed E-state index contributed by atoms with van der Waals surface area (Å²) in [4.78, 5) is 17.2. The van der Waals surface area contributed by atoms with Gasteiger partial charge in [0, 0.05) is 19.3 Å². The van der Waals surface area contributed by atoms with E-state index in [-0.39, 0.29) is 5.69 Å². The Morgan fingerprint density at radius 1 is 1.69 bits per heavy atom. The van der Waals surface area contributed by atoms with Gasteiger partial charge in [-0.05, 0) is 30.5 Å². The number of carbonyl (C=O) groups is 1. The van der Waals surface area contributed by atoms with Gasteiger partial charge in [-0.2, -0.15) is 0 Å². The van der Waals surface area contributed by atoms with E-state index >= 15 is 0 Å². The number of aromatic carboxylic acids is 1. The molecule has 1 unspecified atom stereocenters. The second kappa shape index (κ2) is 4.61. The predicted octanol–water partition coefficient (Wildman–Crippen LogP) is 1.62. The minimum atomic E-state index is -0.942. The molecule has 0 aliphatic carbocycles. The van der Waals surface area contributed by atoms with Gasteiger partial charge in [-0.25, -0.2) is 9.78 Å². The molecule has 1 aromatic rings. The number of carboxylic acid groups (broad SMARTS) is 1. The van der Waals surface area contributed by atoms with Gasteiger partial charge in [-0.3, -0.25) is 4.90 Å². The second-order valence-corrected chi connectivity index (χ2v) is 4.45. The Hall–Kier alpha value is -1.42. The van der Waals surface area contributed by atoms with Crippen LogP contribution in [0.25, 0.3) is 0 Å². The van der Waals surface area contributed by atoms with E-state index in [1.165, 1.54) is 12.6 Å². The number of hydrogen-bond acceptors (Lipinski definition) is 3. The Bertz CT molecular complexity index is 392. The van der Waals surface area contributed by atoms with Gasteiger partial charge in [0.15, 0.2) is 5.69 Å². The molecule has 4 heteroatoms. The molecule has 0 spiro atoms. The van der Waals surface area contributed by atoms with E-state index in [0.29, 0.717) is 12.5 Å². The Balaban J connectivity index is 2.12. The molecule has 2 rings (SSSR count). The minimum Gasteiger partial charge on any atom is -0.477 e. The summed E-state index contributed by atoms with van der Waals surface area (Å²) in [5, 5.41) is 9.01. The maximum Gasteiger partial charge on any atom is 0.354 e. The van der Waals surface area contributed by atoms with Crippen LogP contribution in [0.1, 0.15) is 29.4 Å². The molecule has 86 valence electrons. The summed E-state index contributed by atoms with van der Waals surface area (Å²) in [5.41, 5.74) is 0.992. The summed E-state index contributed by atoms with van der Waals surface area (Å²) < 4.78 is 0. The van der Waals surface area contributed by atoms with Crippen LogP contribution < -0.4 is 0 Å². The molecule has 0 radical (unpaired) electrons. The van der Waals surface area contributed by atoms with E-state index < -0.39 is 5.97 Å². The van der Waals surface area contributed by atoms with Crippen molar-refractivity contribution in [1.29, 1.82) is 0 Å². The fourth-order valence-corrected chi connectivity index (χ4v) is 2.17. The van der Waals surface area contributed by atoms with Crippen molar-refractivity contribution < 1.29 is 9.90 Å². The number of nitrogens with zero attached hydrogens (tertiary/aromatic N) is 2. The minimum absolute atomic E-state index is 0.182. The number of carboxylic acids is 1. The summed E-state index contributed by atoms with van der Waals surface area (Å²) >= 11 is 0. The first-order valence-corrected chi connectivity index (χ1v) is 5.56. The molecule has 1 atom stereocenters. The molecule has 2 heterocycles. The smallest absolute Gasteiger partial charge is 0.354 e. The van der Waals surface area contributed by atoms with Gasteiger partial charge in [-0.1, -0.05) is 13.0 Å². The van der Waals surface area contributed by atoms with Crippen molar-refractivity contribution in [2.24, 2.45) is 5.92 Å². The molecule has 0 bridgehead atoms. The van der Waals surface area contributed by atoms with E-state index in [1.54, 1.807) is 6.07 Å². The van der Waals surface area contributed by atoms with Crippen molar-refractivity contribution in [3.05, 3.63) is 29.6 Å². The molecular weight excluding hydrogens is 204 g/mol. The molecular formula is C12H16N2O2. The van der Waals surface area contributed by atoms with Crippen LogP contribution >= 0.6 is 0 Å². The molecule has 0 saturated carbocycles. The van der Waals surface area contributed by atoms with E-state index in [9.17, 15) is 4.79 Å². The van der Waals surface area contributed by atoms with E-state index in [0.717, 1.165) is 18.7 Å². The lowest BCUT2D eigenvalue weighted by atomic mass is 10.1. The average molecular weight is 220 g/mol. The molecule has 1 aliphatic rings. The summed E-state index contributed by atoms with van der Waals surface area (Å²) in [6.45, 7) is 5.02. The number of aromatic nitrogens is 1. The Labute approximate surface area is 94.9 Å². The average Bonchev–Trinajstić information content (AvgIpc) is 2.64. The number of pyridine rings is 1. The van der Waals surface area contributed by atoms with Crippen molar-refractivity contribution in [2.45, 2.75) is 19.9 Å². The number of likely N-dealkylation sites (tertiary alicyclic amines) is 1. The SMILES string of the molecule is CC1CCN(Cc2cccnc2C(=O)O)C1. The molecule has 16 heavy (non-hydrogen) atoms. The normalized spacial score (nSPS) is 21.2. The standard InChI is InChI=1S/C12H16N2O2/c1-9-4-6-14(7-9)8-10-3-2-5-13-11(10)12(15)16/h2-3,5,9H,4,6-8H2,1H3,(H,15,16). The molecule has 1 aliphatic heterocycles. The van der Waals surface area contributed by atoms with Gasteiger partial charge in [-0.15, -0.1) is 0 Å². The summed E-state index contributed by atoms with van der Waals surface area (Å²) in [6.07, 6.45) is 2.72. The zero-order chi connectivity index (χ0) is 11.5. The molecule has 1 fully saturated rings. The third kappa shape index (κ3) is 2.39. The van der Waals surface area contributed by atoms with Crippen molar-refractivity contribution in [3.63, 3.8) is 0 Å². The van der Waals surface area contributed by atoms with Gasteiger partial charge >= 0.3 is 5.97 Å². The Morgan fingerprint density at radius 2 is 2.50 bits per heavy atom. The Kier molecular flexibility index (Phi) is 3.19. The lowest BCUT2D eigenvalue weighted by molar-refractivity contribution is 0.0688. The number of hydrogen-bond donors (Lipinski definition) is 1. The summed E-state index contributed by atoms with van der Waals surface area (Å²) in [7, 11) is 0. The second-order valence-electron chi connectivity index (χ2n) is 4.45. The van der Waals surface area contributed by atoms with Crippen LogP contribution in [0.4, 0.5) is 0 Å². The van der Waals surface area contributed by atoms with Crippen LogP contribution in [0.2, 0.25) is 0 Å². The van der Waals surface area contributed by atoms with Gasteiger partial charge in [0.1, 0.15) is 0 Å². The van der Waals surface area contributed by atoms with E-state index in [4.69, 9.17) is 5.11 Å². The zero-order valence-corrected chi connectivity index (χ0v) is 9.39. The first-order valence-electron chi connectivity index (χ1n) is 5.56. The van der Waals surface area contributed by atoms with Gasteiger partial charge in [0.25, 0.3) is 0 Å². The van der Waals surface area contributed by atoms with Crippen LogP contribution in [0.15, 0.2) is 18.3 Å². The molecule has 0 amide bonds. The van der Waals surface area contributed by atoms with Crippen LogP contribution in [0, 0.1) is 5.92 Å². The summed E-state index contributed by atoms with van der Waals surface area (Å²) in [5.74, 6) is -0.229. The van der Waals surface area contributed by atoms with E-state index in [2.05, 4.69) is 16.8 Å². The van der Waals surface area contributed by atoms with Gasteiger partial charge in [0.2, 0.25) is 0 Å². The molecule has 0 aromatic carbocycles. The quantitative estimate of drug-likeness (QED) is 0.841. The maximum atomic E-state index is 11.0. The molecule has 4 nitrogen and oxygen atoms in total. The largest absolute Gasteiger partial charge is 0.477 e. The summed E-state index contributed by atoms with van der Waals surface area (Å²) in [6, 6.07) is 3.64. The van der Waals surface area contributed by atoms with E-state index in [1.807, 2.05) is 6.07 Å². The van der Waals surface area contributed by atoms with Gasteiger partial charge in [0.05, 0.1) is 0 Å². The van der Waals surface area contributed by atoms with Crippen molar-refractivity contribution in [2.75, 3.05) is 13.1 Å². The highest BCUT2D eigenvalue weighted by Crippen LogP contribution is 2.18. The highest BCUT2D eigenvalue weighted by atomic mass is 16.4. The fraction of sp³-hybridized carbons (Fsp3) is 0.500. The van der Waals surface area contributed by atoms with Crippen LogP contribution in [-0.2, 0) is 6.54 Å². The van der Waals surface area contributed by atoms with Crippen molar-refractivity contribution >= 4 is 5.97 Å². The molecule has 1 saturated heterocycles. The third-order valence-electron chi connectivity index (χ3n) is 3.00. The Morgan fingerprint density at radius 3 is 3.12 bits per heavy atom. The van der Waals surface area contributed by atoms with Gasteiger partial charge < -0.3 is 5.11 Å². The lowest BCUT2D eigenvalue weighted by Gasteiger charge is -2.16. The van der Waals surface area contributed by atoms with Crippen LogP contribution in [-0.4, -0.2) is 34.0 Å². The highest BCUT2D eigenvalue weighted by Gasteiger charge is 2.20. The third-order valence-corrected chi connectivity index (χ3v) is 3.00. The first-order chi connectivity index (χ1) is 7.66. The molecule has 1 aromatic heterocycles. The zero-order valence-electron chi connectivity index (χ0n) is 9.39. The monoisotopic (exact) mass is 220 g/mol. The van der Waals surface area contributed by atoms with Crippen LogP contribution in [0.5, 0.6) is 0 Å². The maximum absolute atomic E-state index is 11.0. The van der Waals surface area contributed by atoms with Crippen molar-refractivity contribution in [1.82, 2.24) is 9.88 Å². The fourth-order valence-electron chi connectivity index (χ4n) is 2.17. The topological polar surface area (TPSA) is 53.4 Å².